The van der Waals surface area contributed by atoms with Gasteiger partial charge in [0.05, 0.1) is 11.6 Å². The van der Waals surface area contributed by atoms with Gasteiger partial charge in [-0.25, -0.2) is 17.6 Å². The van der Waals surface area contributed by atoms with Gasteiger partial charge >= 0.3 is 0 Å². The van der Waals surface area contributed by atoms with Crippen LogP contribution in [0.3, 0.4) is 0 Å². The Morgan fingerprint density at radius 3 is 2.33 bits per heavy atom. The topological polar surface area (TPSA) is 26.0 Å². The van der Waals surface area contributed by atoms with Crippen LogP contribution in [-0.4, -0.2) is 12.5 Å². The molecule has 0 heterocycles. The number of hydrogen-bond acceptors (Lipinski definition) is 1. The van der Waals surface area contributed by atoms with E-state index in [1.807, 2.05) is 0 Å². The van der Waals surface area contributed by atoms with E-state index in [2.05, 4.69) is 0 Å². The fraction of sp³-hybridized carbons (Fsp3) is 0.333. The van der Waals surface area contributed by atoms with Gasteiger partial charge in [-0.05, 0) is 17.7 Å². The summed E-state index contributed by atoms with van der Waals surface area (Å²) in [4.78, 5) is 0. The van der Waals surface area contributed by atoms with E-state index in [4.69, 9.17) is 17.3 Å². The molecular formula is C9H8ClF4N. The Hall–Kier alpha value is -0.810. The van der Waals surface area contributed by atoms with Gasteiger partial charge in [0.1, 0.15) is 11.6 Å². The van der Waals surface area contributed by atoms with Crippen LogP contribution in [0.4, 0.5) is 17.6 Å². The van der Waals surface area contributed by atoms with E-state index >= 15 is 0 Å². The molecule has 6 heteroatoms. The lowest BCUT2D eigenvalue weighted by atomic mass is 10.1. The molecule has 1 nitrogen and oxygen atoms in total. The summed E-state index contributed by atoms with van der Waals surface area (Å²) in [6.45, 7) is -0.920. The van der Waals surface area contributed by atoms with Gasteiger partial charge in [0.2, 0.25) is 0 Å². The van der Waals surface area contributed by atoms with Crippen LogP contribution in [0.5, 0.6) is 0 Å². The molecule has 0 fully saturated rings. The quantitative estimate of drug-likeness (QED) is 0.639. The number of halogens is 5. The van der Waals surface area contributed by atoms with Gasteiger partial charge < -0.3 is 5.73 Å². The molecule has 1 rings (SSSR count). The van der Waals surface area contributed by atoms with Crippen molar-refractivity contribution in [2.45, 2.75) is 12.3 Å². The third kappa shape index (κ3) is 3.07. The van der Waals surface area contributed by atoms with E-state index in [0.717, 1.165) is 0 Å². The van der Waals surface area contributed by atoms with E-state index in [0.29, 0.717) is 12.1 Å². The van der Waals surface area contributed by atoms with Gasteiger partial charge in [-0.15, -0.1) is 0 Å². The third-order valence-electron chi connectivity index (χ3n) is 1.84. The fourth-order valence-corrected chi connectivity index (χ4v) is 1.20. The highest BCUT2D eigenvalue weighted by Gasteiger charge is 2.28. The minimum atomic E-state index is -3.25. The Labute approximate surface area is 88.8 Å². The molecule has 1 aromatic carbocycles. The van der Waals surface area contributed by atoms with E-state index in [1.54, 1.807) is 0 Å². The van der Waals surface area contributed by atoms with Crippen LogP contribution in [0.15, 0.2) is 12.1 Å². The summed E-state index contributed by atoms with van der Waals surface area (Å²) >= 11 is 5.26. The van der Waals surface area contributed by atoms with E-state index < -0.39 is 41.1 Å². The van der Waals surface area contributed by atoms with Crippen LogP contribution >= 0.6 is 11.6 Å². The monoisotopic (exact) mass is 241 g/mol. The largest absolute Gasteiger partial charge is 0.325 e. The van der Waals surface area contributed by atoms with Gasteiger partial charge in [-0.3, -0.25) is 0 Å². The molecule has 0 aliphatic rings. The van der Waals surface area contributed by atoms with Crippen molar-refractivity contribution >= 4 is 11.6 Å². The summed E-state index contributed by atoms with van der Waals surface area (Å²) in [5.41, 5.74) is 4.34. The summed E-state index contributed by atoms with van der Waals surface area (Å²) in [5, 5.41) is -0.438. The predicted octanol–water partition coefficient (Wildman–Crippen LogP) is 2.75. The van der Waals surface area contributed by atoms with E-state index in [1.165, 1.54) is 0 Å². The number of nitrogens with two attached hydrogens (primary N) is 1. The first-order valence-corrected chi connectivity index (χ1v) is 4.45. The lowest BCUT2D eigenvalue weighted by Crippen LogP contribution is -2.30. The highest BCUT2D eigenvalue weighted by molar-refractivity contribution is 6.30. The molecule has 0 amide bonds. The van der Waals surface area contributed by atoms with Gasteiger partial charge in [0, 0.05) is 6.42 Å². The summed E-state index contributed by atoms with van der Waals surface area (Å²) in [6.07, 6.45) is -0.941. The Morgan fingerprint density at radius 1 is 1.20 bits per heavy atom. The minimum Gasteiger partial charge on any atom is -0.325 e. The van der Waals surface area contributed by atoms with Gasteiger partial charge in [0.15, 0.2) is 0 Å². The van der Waals surface area contributed by atoms with Crippen molar-refractivity contribution < 1.29 is 17.6 Å². The van der Waals surface area contributed by atoms with Crippen molar-refractivity contribution in [1.82, 2.24) is 0 Å². The van der Waals surface area contributed by atoms with Gasteiger partial charge in [-0.1, -0.05) is 11.6 Å². The van der Waals surface area contributed by atoms with Crippen LogP contribution in [0.1, 0.15) is 5.56 Å². The van der Waals surface area contributed by atoms with Crippen molar-refractivity contribution in [1.29, 1.82) is 0 Å². The Morgan fingerprint density at radius 2 is 1.80 bits per heavy atom. The summed E-state index contributed by atoms with van der Waals surface area (Å²) < 4.78 is 51.5. The van der Waals surface area contributed by atoms with Gasteiger partial charge in [0.25, 0.3) is 5.92 Å². The molecule has 15 heavy (non-hydrogen) atoms. The molecule has 0 aromatic heterocycles. The van der Waals surface area contributed by atoms with Crippen molar-refractivity contribution in [2.24, 2.45) is 5.73 Å². The summed E-state index contributed by atoms with van der Waals surface area (Å²) in [7, 11) is 0. The maximum absolute atomic E-state index is 13.1. The van der Waals surface area contributed by atoms with Crippen LogP contribution in [0.2, 0.25) is 5.02 Å². The normalized spacial score (nSPS) is 11.9. The SMILES string of the molecule is NCC(F)(F)Cc1cc(F)c(Cl)cc1F. The number of alkyl halides is 2. The Bertz CT molecular complexity index is 367. The maximum atomic E-state index is 13.1. The average molecular weight is 242 g/mol. The third-order valence-corrected chi connectivity index (χ3v) is 2.13. The predicted molar refractivity (Wildman–Crippen MR) is 49.1 cm³/mol. The Balaban J connectivity index is 3.01. The van der Waals surface area contributed by atoms with Crippen molar-refractivity contribution in [3.8, 4) is 0 Å². The molecule has 0 unspecified atom stereocenters. The highest BCUT2D eigenvalue weighted by Crippen LogP contribution is 2.24. The van der Waals surface area contributed by atoms with E-state index in [-0.39, 0.29) is 0 Å². The molecule has 0 aliphatic carbocycles. The van der Waals surface area contributed by atoms with Crippen molar-refractivity contribution in [3.63, 3.8) is 0 Å². The molecule has 84 valence electrons. The lowest BCUT2D eigenvalue weighted by molar-refractivity contribution is 0.0106. The van der Waals surface area contributed by atoms with Crippen LogP contribution in [0, 0.1) is 11.6 Å². The lowest BCUT2D eigenvalue weighted by Gasteiger charge is -2.14. The maximum Gasteiger partial charge on any atom is 0.264 e. The second kappa shape index (κ2) is 4.37. The molecule has 0 radical (unpaired) electrons. The minimum absolute atomic E-state index is 0.438. The molecule has 1 aromatic rings. The number of rotatable bonds is 3. The fourth-order valence-electron chi connectivity index (χ4n) is 1.05. The van der Waals surface area contributed by atoms with Crippen molar-refractivity contribution in [2.75, 3.05) is 6.54 Å². The Kier molecular flexibility index (Phi) is 3.57. The summed E-state index contributed by atoms with van der Waals surface area (Å²) in [5.74, 6) is -5.14. The second-order valence-corrected chi connectivity index (χ2v) is 3.50. The molecule has 0 saturated heterocycles. The zero-order valence-corrected chi connectivity index (χ0v) is 8.29. The van der Waals surface area contributed by atoms with Crippen LogP contribution in [-0.2, 0) is 6.42 Å². The second-order valence-electron chi connectivity index (χ2n) is 3.09. The first kappa shape index (κ1) is 12.3. The highest BCUT2D eigenvalue weighted by atomic mass is 35.5. The zero-order chi connectivity index (χ0) is 11.6. The molecule has 0 atom stereocenters. The first-order valence-electron chi connectivity index (χ1n) is 4.07. The van der Waals surface area contributed by atoms with Gasteiger partial charge in [-0.2, -0.15) is 0 Å². The zero-order valence-electron chi connectivity index (χ0n) is 7.54. The molecule has 0 saturated carbocycles. The van der Waals surface area contributed by atoms with E-state index in [9.17, 15) is 17.6 Å². The number of hydrogen-bond donors (Lipinski definition) is 1. The number of benzene rings is 1. The van der Waals surface area contributed by atoms with Crippen LogP contribution in [0.25, 0.3) is 0 Å². The van der Waals surface area contributed by atoms with Crippen molar-refractivity contribution in [3.05, 3.63) is 34.4 Å². The molecule has 0 bridgehead atoms. The smallest absolute Gasteiger partial charge is 0.264 e. The standard InChI is InChI=1S/C9H8ClF4N/c10-6-2-7(11)5(1-8(6)12)3-9(13,14)4-15/h1-2H,3-4,15H2. The van der Waals surface area contributed by atoms with Crippen LogP contribution < -0.4 is 5.73 Å². The average Bonchev–Trinajstić information content (AvgIpc) is 2.14. The molecular weight excluding hydrogens is 234 g/mol. The molecule has 2 N–H and O–H groups in total. The molecule has 0 aliphatic heterocycles. The summed E-state index contributed by atoms with van der Waals surface area (Å²) in [6, 6.07) is 1.32. The first-order chi connectivity index (χ1) is 6.85. The molecule has 0 spiro atoms.